The van der Waals surface area contributed by atoms with Crippen LogP contribution in [0.25, 0.3) is 21.5 Å². The molecule has 0 unspecified atom stereocenters. The van der Waals surface area contributed by atoms with Gasteiger partial charge in [0.05, 0.1) is 23.3 Å². The average Bonchev–Trinajstić information content (AvgIpc) is 2.80. The van der Waals surface area contributed by atoms with E-state index in [9.17, 15) is 0 Å². The molecule has 5 aromatic rings. The molecule has 0 saturated heterocycles. The predicted octanol–water partition coefficient (Wildman–Crippen LogP) is 6.56. The van der Waals surface area contributed by atoms with Crippen molar-refractivity contribution in [1.29, 1.82) is 0 Å². The van der Waals surface area contributed by atoms with E-state index in [2.05, 4.69) is 89.9 Å². The molecule has 5 rings (SSSR count). The van der Waals surface area contributed by atoms with Gasteiger partial charge in [0.25, 0.3) is 0 Å². The Morgan fingerprint density at radius 2 is 1.14 bits per heavy atom. The van der Waals surface area contributed by atoms with E-state index in [1.54, 1.807) is 12.4 Å². The van der Waals surface area contributed by atoms with Crippen LogP contribution in [0.15, 0.2) is 114 Å². The number of nitrogens with zero attached hydrogens (tertiary/aromatic N) is 3. The predicted molar refractivity (Wildman–Crippen MR) is 122 cm³/mol. The Labute approximate surface area is 169 Å². The van der Waals surface area contributed by atoms with Crippen LogP contribution in [0.5, 0.6) is 0 Å². The van der Waals surface area contributed by atoms with Crippen molar-refractivity contribution < 1.29 is 0 Å². The van der Waals surface area contributed by atoms with Crippen molar-refractivity contribution in [2.75, 3.05) is 5.01 Å². The molecule has 0 saturated carbocycles. The monoisotopic (exact) mass is 373 g/mol. The Hall–Kier alpha value is -3.98. The maximum atomic E-state index is 4.79. The van der Waals surface area contributed by atoms with Crippen molar-refractivity contribution in [2.24, 2.45) is 5.10 Å². The van der Waals surface area contributed by atoms with Crippen molar-refractivity contribution in [2.45, 2.75) is 0 Å². The van der Waals surface area contributed by atoms with Crippen LogP contribution < -0.4 is 5.01 Å². The second-order valence-electron chi connectivity index (χ2n) is 6.87. The van der Waals surface area contributed by atoms with Gasteiger partial charge >= 0.3 is 0 Å². The number of benzene rings is 4. The van der Waals surface area contributed by atoms with E-state index < -0.39 is 0 Å². The first kappa shape index (κ1) is 17.1. The third-order valence-electron chi connectivity index (χ3n) is 4.95. The Balaban J connectivity index is 1.63. The molecular weight excluding hydrogens is 354 g/mol. The van der Waals surface area contributed by atoms with Crippen LogP contribution in [0.4, 0.5) is 11.4 Å². The standard InChI is InChI=1S/C26H19N3/c1-3-9-22-17-25(14-12-20(22)7-1)29(28-19-24-11-5-6-16-27-24)26-15-13-21-8-2-4-10-23(21)18-26/h1-19H/b28-19+. The lowest BCUT2D eigenvalue weighted by molar-refractivity contribution is 1.09. The molecule has 0 aliphatic rings. The second kappa shape index (κ2) is 7.56. The first-order valence-electron chi connectivity index (χ1n) is 9.60. The number of fused-ring (bicyclic) bond motifs is 2. The highest BCUT2D eigenvalue weighted by atomic mass is 15.5. The number of rotatable bonds is 4. The van der Waals surface area contributed by atoms with Crippen LogP contribution in [-0.4, -0.2) is 11.2 Å². The van der Waals surface area contributed by atoms with Gasteiger partial charge in [-0.1, -0.05) is 66.7 Å². The minimum atomic E-state index is 0.819. The summed E-state index contributed by atoms with van der Waals surface area (Å²) in [6, 6.07) is 35.4. The molecule has 0 spiro atoms. The molecule has 1 heterocycles. The van der Waals surface area contributed by atoms with Gasteiger partial charge in [-0.15, -0.1) is 0 Å². The summed E-state index contributed by atoms with van der Waals surface area (Å²) in [6.07, 6.45) is 3.57. The van der Waals surface area contributed by atoms with Crippen LogP contribution in [0.1, 0.15) is 5.69 Å². The van der Waals surface area contributed by atoms with Crippen LogP contribution in [0, 0.1) is 0 Å². The average molecular weight is 373 g/mol. The minimum absolute atomic E-state index is 0.819. The van der Waals surface area contributed by atoms with Crippen LogP contribution in [-0.2, 0) is 0 Å². The Morgan fingerprint density at radius 1 is 0.586 bits per heavy atom. The zero-order chi connectivity index (χ0) is 19.5. The molecule has 0 amide bonds. The smallest absolute Gasteiger partial charge is 0.0830 e. The summed E-state index contributed by atoms with van der Waals surface area (Å²) in [4.78, 5) is 4.36. The first-order valence-corrected chi connectivity index (χ1v) is 9.60. The molecule has 0 aliphatic carbocycles. The van der Waals surface area contributed by atoms with Gasteiger partial charge in [-0.3, -0.25) is 4.98 Å². The first-order chi connectivity index (χ1) is 14.4. The number of aromatic nitrogens is 1. The lowest BCUT2D eigenvalue weighted by atomic mass is 10.1. The highest BCUT2D eigenvalue weighted by molar-refractivity contribution is 5.90. The third-order valence-corrected chi connectivity index (χ3v) is 4.95. The molecule has 138 valence electrons. The van der Waals surface area contributed by atoms with Gasteiger partial charge in [-0.05, 0) is 57.9 Å². The fraction of sp³-hybridized carbons (Fsp3) is 0. The molecular formula is C26H19N3. The maximum absolute atomic E-state index is 4.79. The lowest BCUT2D eigenvalue weighted by Crippen LogP contribution is -2.09. The van der Waals surface area contributed by atoms with Crippen molar-refractivity contribution in [1.82, 2.24) is 4.98 Å². The molecule has 29 heavy (non-hydrogen) atoms. The zero-order valence-electron chi connectivity index (χ0n) is 15.8. The molecule has 4 aromatic carbocycles. The molecule has 0 radical (unpaired) electrons. The molecule has 0 N–H and O–H groups in total. The number of anilines is 2. The Bertz CT molecular complexity index is 1230. The van der Waals surface area contributed by atoms with Gasteiger partial charge in [-0.2, -0.15) is 5.10 Å². The highest BCUT2D eigenvalue weighted by Gasteiger charge is 2.10. The van der Waals surface area contributed by atoms with Crippen molar-refractivity contribution in [3.63, 3.8) is 0 Å². The van der Waals surface area contributed by atoms with E-state index in [-0.39, 0.29) is 0 Å². The lowest BCUT2D eigenvalue weighted by Gasteiger charge is -2.20. The molecule has 3 heteroatoms. The highest BCUT2D eigenvalue weighted by Crippen LogP contribution is 2.31. The Morgan fingerprint density at radius 3 is 1.69 bits per heavy atom. The van der Waals surface area contributed by atoms with Crippen LogP contribution in [0.3, 0.4) is 0 Å². The zero-order valence-corrected chi connectivity index (χ0v) is 15.8. The van der Waals surface area contributed by atoms with Gasteiger partial charge < -0.3 is 0 Å². The van der Waals surface area contributed by atoms with E-state index in [1.807, 2.05) is 23.2 Å². The summed E-state index contributed by atoms with van der Waals surface area (Å²) in [6.45, 7) is 0. The van der Waals surface area contributed by atoms with E-state index in [4.69, 9.17) is 5.10 Å². The quantitative estimate of drug-likeness (QED) is 0.264. The summed E-state index contributed by atoms with van der Waals surface area (Å²) in [7, 11) is 0. The largest absolute Gasteiger partial charge is 0.255 e. The third kappa shape index (κ3) is 3.58. The van der Waals surface area contributed by atoms with E-state index in [0.717, 1.165) is 17.1 Å². The number of hydrogen-bond donors (Lipinski definition) is 0. The van der Waals surface area contributed by atoms with Gasteiger partial charge in [0.2, 0.25) is 0 Å². The number of pyridine rings is 1. The van der Waals surface area contributed by atoms with E-state index in [1.165, 1.54) is 21.5 Å². The number of hydrazone groups is 1. The molecule has 0 fully saturated rings. The van der Waals surface area contributed by atoms with Crippen molar-refractivity contribution in [3.8, 4) is 0 Å². The normalized spacial score (nSPS) is 11.3. The summed E-state index contributed by atoms with van der Waals surface area (Å²) in [5.74, 6) is 0. The summed E-state index contributed by atoms with van der Waals surface area (Å²) in [5.41, 5.74) is 2.83. The molecule has 0 bridgehead atoms. The van der Waals surface area contributed by atoms with Crippen LogP contribution in [0.2, 0.25) is 0 Å². The topological polar surface area (TPSA) is 28.5 Å². The second-order valence-corrected chi connectivity index (χ2v) is 6.87. The SMILES string of the molecule is C(=N\N(c1ccc2ccccc2c1)c1ccc2ccccc2c1)/c1ccccn1. The molecule has 0 atom stereocenters. The van der Waals surface area contributed by atoms with Gasteiger partial charge in [0, 0.05) is 6.20 Å². The minimum Gasteiger partial charge on any atom is -0.255 e. The fourth-order valence-corrected chi connectivity index (χ4v) is 3.47. The van der Waals surface area contributed by atoms with Crippen molar-refractivity contribution in [3.05, 3.63) is 115 Å². The summed E-state index contributed by atoms with van der Waals surface area (Å²) in [5, 5.41) is 11.6. The number of hydrogen-bond acceptors (Lipinski definition) is 3. The van der Waals surface area contributed by atoms with Crippen LogP contribution >= 0.6 is 0 Å². The van der Waals surface area contributed by atoms with E-state index >= 15 is 0 Å². The fourth-order valence-electron chi connectivity index (χ4n) is 3.47. The molecule has 3 nitrogen and oxygen atoms in total. The molecule has 0 aliphatic heterocycles. The summed E-state index contributed by atoms with van der Waals surface area (Å²) >= 11 is 0. The Kier molecular flexibility index (Phi) is 4.47. The van der Waals surface area contributed by atoms with Gasteiger partial charge in [-0.25, -0.2) is 5.01 Å². The van der Waals surface area contributed by atoms with Gasteiger partial charge in [0.1, 0.15) is 0 Å². The molecule has 1 aromatic heterocycles. The maximum Gasteiger partial charge on any atom is 0.0830 e. The summed E-state index contributed by atoms with van der Waals surface area (Å²) < 4.78 is 0. The van der Waals surface area contributed by atoms with Crippen molar-refractivity contribution >= 4 is 39.1 Å². The van der Waals surface area contributed by atoms with E-state index in [0.29, 0.717) is 0 Å². The van der Waals surface area contributed by atoms with Gasteiger partial charge in [0.15, 0.2) is 0 Å².